The molecule has 2 aliphatic rings. The third-order valence-electron chi connectivity index (χ3n) is 5.54. The van der Waals surface area contributed by atoms with Gasteiger partial charge in [0.1, 0.15) is 0 Å². The minimum absolute atomic E-state index is 0.238. The molecule has 1 aromatic carbocycles. The van der Waals surface area contributed by atoms with Crippen LogP contribution < -0.4 is 4.90 Å². The highest BCUT2D eigenvalue weighted by Gasteiger charge is 2.35. The minimum Gasteiger partial charge on any atom is -0.366 e. The van der Waals surface area contributed by atoms with Gasteiger partial charge in [-0.2, -0.15) is 0 Å². The van der Waals surface area contributed by atoms with E-state index in [0.717, 1.165) is 51.4 Å². The Kier molecular flexibility index (Phi) is 5.19. The van der Waals surface area contributed by atoms with Crippen molar-refractivity contribution in [1.82, 2.24) is 0 Å². The second-order valence-electron chi connectivity index (χ2n) is 6.93. The van der Waals surface area contributed by atoms with E-state index in [1.54, 1.807) is 0 Å². The van der Waals surface area contributed by atoms with Crippen LogP contribution in [0.2, 0.25) is 0 Å². The summed E-state index contributed by atoms with van der Waals surface area (Å²) in [5.74, 6) is 0. The molecule has 0 spiro atoms. The number of anilines is 1. The molecule has 0 N–H and O–H groups in total. The van der Waals surface area contributed by atoms with Crippen LogP contribution >= 0.6 is 0 Å². The molecule has 3 nitrogen and oxygen atoms in total. The van der Waals surface area contributed by atoms with Crippen LogP contribution in [0.5, 0.6) is 0 Å². The van der Waals surface area contributed by atoms with Crippen LogP contribution in [-0.4, -0.2) is 24.2 Å². The second-order valence-corrected chi connectivity index (χ2v) is 6.93. The van der Waals surface area contributed by atoms with Crippen molar-refractivity contribution in [3.05, 3.63) is 53.2 Å². The molecule has 2 saturated carbocycles. The standard InChI is InChI=1S/C20H25N3/c1-21-16-8-12-19(13-9-16)23(18-6-4-3-5-7-18)20-14-10-17(22-2)11-15-20/h3-7,16-17,19-20H,8-15H2. The van der Waals surface area contributed by atoms with Crippen LogP contribution in [0.25, 0.3) is 9.69 Å². The van der Waals surface area contributed by atoms with Gasteiger partial charge in [0.05, 0.1) is 0 Å². The van der Waals surface area contributed by atoms with Crippen LogP contribution in [0.3, 0.4) is 0 Å². The first-order chi connectivity index (χ1) is 11.3. The molecule has 23 heavy (non-hydrogen) atoms. The summed E-state index contributed by atoms with van der Waals surface area (Å²) in [6, 6.07) is 12.4. The van der Waals surface area contributed by atoms with Gasteiger partial charge in [-0.25, -0.2) is 13.1 Å². The smallest absolute Gasteiger partial charge is 0.223 e. The Morgan fingerprint density at radius 3 is 1.52 bits per heavy atom. The summed E-state index contributed by atoms with van der Waals surface area (Å²) in [5.41, 5.74) is 1.32. The number of benzene rings is 1. The molecule has 0 aliphatic heterocycles. The Morgan fingerprint density at radius 1 is 0.696 bits per heavy atom. The molecule has 0 unspecified atom stereocenters. The molecule has 2 fully saturated rings. The van der Waals surface area contributed by atoms with E-state index < -0.39 is 0 Å². The zero-order valence-corrected chi connectivity index (χ0v) is 13.7. The molecular weight excluding hydrogens is 282 g/mol. The molecule has 3 heteroatoms. The fraction of sp³-hybridized carbons (Fsp3) is 0.600. The molecule has 0 aromatic heterocycles. The van der Waals surface area contributed by atoms with Crippen LogP contribution in [0.15, 0.2) is 30.3 Å². The second kappa shape index (κ2) is 7.51. The van der Waals surface area contributed by atoms with E-state index in [0.29, 0.717) is 12.1 Å². The number of hydrogen-bond acceptors (Lipinski definition) is 1. The summed E-state index contributed by atoms with van der Waals surface area (Å²) >= 11 is 0. The van der Waals surface area contributed by atoms with Crippen molar-refractivity contribution in [2.24, 2.45) is 0 Å². The molecule has 0 heterocycles. The third-order valence-corrected chi connectivity index (χ3v) is 5.54. The van der Waals surface area contributed by atoms with Gasteiger partial charge in [0.15, 0.2) is 0 Å². The van der Waals surface area contributed by atoms with E-state index in [4.69, 9.17) is 13.1 Å². The van der Waals surface area contributed by atoms with E-state index in [1.165, 1.54) is 5.69 Å². The number of rotatable bonds is 3. The van der Waals surface area contributed by atoms with Crippen molar-refractivity contribution in [2.45, 2.75) is 75.5 Å². The maximum Gasteiger partial charge on any atom is 0.223 e. The first kappa shape index (κ1) is 15.9. The zero-order chi connectivity index (χ0) is 16.1. The van der Waals surface area contributed by atoms with E-state index >= 15 is 0 Å². The molecule has 0 amide bonds. The normalized spacial score (nSPS) is 30.9. The zero-order valence-electron chi connectivity index (χ0n) is 13.7. The predicted octanol–water partition coefficient (Wildman–Crippen LogP) is 4.95. The summed E-state index contributed by atoms with van der Waals surface area (Å²) in [5, 5.41) is 0. The first-order valence-corrected chi connectivity index (χ1v) is 8.88. The van der Waals surface area contributed by atoms with Crippen LogP contribution in [0, 0.1) is 13.1 Å². The molecule has 2 aliphatic carbocycles. The lowest BCUT2D eigenvalue weighted by Gasteiger charge is -2.43. The quantitative estimate of drug-likeness (QED) is 0.719. The van der Waals surface area contributed by atoms with Gasteiger partial charge in [-0.05, 0) is 37.8 Å². The summed E-state index contributed by atoms with van der Waals surface area (Å²) < 4.78 is 0. The van der Waals surface area contributed by atoms with Crippen molar-refractivity contribution in [3.8, 4) is 0 Å². The predicted molar refractivity (Wildman–Crippen MR) is 94.2 cm³/mol. The monoisotopic (exact) mass is 307 g/mol. The Morgan fingerprint density at radius 2 is 1.13 bits per heavy atom. The Bertz CT molecular complexity index is 533. The largest absolute Gasteiger partial charge is 0.366 e. The van der Waals surface area contributed by atoms with Crippen LogP contribution in [-0.2, 0) is 0 Å². The van der Waals surface area contributed by atoms with Crippen LogP contribution in [0.1, 0.15) is 51.4 Å². The summed E-state index contributed by atoms with van der Waals surface area (Å²) in [7, 11) is 0. The minimum atomic E-state index is 0.238. The van der Waals surface area contributed by atoms with E-state index in [-0.39, 0.29) is 12.1 Å². The lowest BCUT2D eigenvalue weighted by molar-refractivity contribution is 0.329. The maximum absolute atomic E-state index is 7.26. The molecule has 0 bridgehead atoms. The first-order valence-electron chi connectivity index (χ1n) is 8.88. The van der Waals surface area contributed by atoms with Gasteiger partial charge in [-0.3, -0.25) is 0 Å². The highest BCUT2D eigenvalue weighted by atomic mass is 15.2. The van der Waals surface area contributed by atoms with Crippen molar-refractivity contribution >= 4 is 5.69 Å². The van der Waals surface area contributed by atoms with E-state index in [1.807, 2.05) is 0 Å². The van der Waals surface area contributed by atoms with Gasteiger partial charge in [0.25, 0.3) is 0 Å². The lowest BCUT2D eigenvalue weighted by Crippen LogP contribution is -2.47. The fourth-order valence-electron chi connectivity index (χ4n) is 4.25. The van der Waals surface area contributed by atoms with Gasteiger partial charge in [-0.1, -0.05) is 18.2 Å². The maximum atomic E-state index is 7.26. The lowest BCUT2D eigenvalue weighted by atomic mass is 9.85. The van der Waals surface area contributed by atoms with Gasteiger partial charge < -0.3 is 14.6 Å². The summed E-state index contributed by atoms with van der Waals surface area (Å²) in [4.78, 5) is 10.1. The molecule has 1 aromatic rings. The molecule has 0 radical (unpaired) electrons. The topological polar surface area (TPSA) is 12.0 Å². The molecular formula is C20H25N3. The van der Waals surface area contributed by atoms with Crippen LogP contribution in [0.4, 0.5) is 5.69 Å². The SMILES string of the molecule is [C-]#[N+]C1CCC(N(c2ccccc2)C2CCC([N+]#[C-])CC2)CC1. The Hall–Kier alpha value is -2.00. The number of nitrogens with zero attached hydrogens (tertiary/aromatic N) is 3. The summed E-state index contributed by atoms with van der Waals surface area (Å²) in [6.07, 6.45) is 8.67. The third kappa shape index (κ3) is 3.67. The van der Waals surface area contributed by atoms with Crippen molar-refractivity contribution in [1.29, 1.82) is 0 Å². The van der Waals surface area contributed by atoms with E-state index in [2.05, 4.69) is 44.9 Å². The molecule has 3 rings (SSSR count). The highest BCUT2D eigenvalue weighted by Crippen LogP contribution is 2.35. The average Bonchev–Trinajstić information content (AvgIpc) is 2.64. The van der Waals surface area contributed by atoms with Gasteiger partial charge in [0.2, 0.25) is 12.1 Å². The van der Waals surface area contributed by atoms with Gasteiger partial charge in [-0.15, -0.1) is 0 Å². The number of para-hydroxylation sites is 1. The molecule has 0 saturated heterocycles. The molecule has 120 valence electrons. The van der Waals surface area contributed by atoms with Gasteiger partial charge in [0, 0.05) is 43.5 Å². The molecule has 0 atom stereocenters. The highest BCUT2D eigenvalue weighted by molar-refractivity contribution is 5.48. The average molecular weight is 307 g/mol. The van der Waals surface area contributed by atoms with Crippen molar-refractivity contribution in [2.75, 3.05) is 4.90 Å². The van der Waals surface area contributed by atoms with E-state index in [9.17, 15) is 0 Å². The Labute approximate surface area is 139 Å². The fourth-order valence-corrected chi connectivity index (χ4v) is 4.25. The summed E-state index contributed by atoms with van der Waals surface area (Å²) in [6.45, 7) is 14.5. The number of hydrogen-bond donors (Lipinski definition) is 0. The Balaban J connectivity index is 1.76. The van der Waals surface area contributed by atoms with Gasteiger partial charge >= 0.3 is 0 Å². The van der Waals surface area contributed by atoms with Crippen molar-refractivity contribution in [3.63, 3.8) is 0 Å². The van der Waals surface area contributed by atoms with Crippen molar-refractivity contribution < 1.29 is 0 Å².